The number of rotatable bonds is 4. The van der Waals surface area contributed by atoms with Crippen LogP contribution in [0.2, 0.25) is 0 Å². The number of methoxy groups -OCH3 is 1. The monoisotopic (exact) mass is 210 g/mol. The Kier molecular flexibility index (Phi) is 3.91. The predicted octanol–water partition coefficient (Wildman–Crippen LogP) is 0.536. The van der Waals surface area contributed by atoms with Crippen LogP contribution >= 0.6 is 0 Å². The Morgan fingerprint density at radius 3 is 2.80 bits per heavy atom. The highest BCUT2D eigenvalue weighted by Gasteiger charge is 2.14. The quantitative estimate of drug-likeness (QED) is 0.582. The molecule has 5 nitrogen and oxygen atoms in total. The first-order valence-corrected chi connectivity index (χ1v) is 4.56. The fourth-order valence-electron chi connectivity index (χ4n) is 1.15. The number of carbonyl (C=O) groups is 2. The van der Waals surface area contributed by atoms with E-state index in [0.29, 0.717) is 6.54 Å². The fraction of sp³-hybridized carbons (Fsp3) is 0.400. The fourth-order valence-corrected chi connectivity index (χ4v) is 1.15. The van der Waals surface area contributed by atoms with E-state index >= 15 is 0 Å². The molecule has 5 heteroatoms. The number of aromatic nitrogens is 1. The summed E-state index contributed by atoms with van der Waals surface area (Å²) in [6, 6.07) is 1.88. The molecule has 82 valence electrons. The zero-order valence-electron chi connectivity index (χ0n) is 8.82. The molecule has 0 saturated heterocycles. The molecule has 0 aliphatic heterocycles. The minimum atomic E-state index is -0.513. The van der Waals surface area contributed by atoms with E-state index in [1.165, 1.54) is 12.0 Å². The van der Waals surface area contributed by atoms with Crippen molar-refractivity contribution in [1.82, 2.24) is 9.88 Å². The van der Waals surface area contributed by atoms with E-state index in [0.717, 1.165) is 5.56 Å². The topological polar surface area (TPSA) is 62.4 Å². The van der Waals surface area contributed by atoms with Gasteiger partial charge in [0.25, 0.3) is 0 Å². The van der Waals surface area contributed by atoms with Gasteiger partial charge < -0.3 is 14.6 Å². The minimum absolute atomic E-state index is 0.211. The average molecular weight is 210 g/mol. The Bertz CT molecular complexity index is 332. The average Bonchev–Trinajstić information content (AvgIpc) is 2.70. The molecule has 1 N–H and O–H groups in total. The molecule has 1 rings (SSSR count). The van der Waals surface area contributed by atoms with Gasteiger partial charge in [0, 0.05) is 26.0 Å². The molecule has 1 amide bonds. The van der Waals surface area contributed by atoms with Crippen LogP contribution < -0.4 is 0 Å². The predicted molar refractivity (Wildman–Crippen MR) is 53.9 cm³/mol. The van der Waals surface area contributed by atoms with Crippen LogP contribution in [0.3, 0.4) is 0 Å². The van der Waals surface area contributed by atoms with Gasteiger partial charge in [-0.05, 0) is 11.6 Å². The zero-order chi connectivity index (χ0) is 11.3. The first-order valence-electron chi connectivity index (χ1n) is 4.56. The number of ether oxygens (including phenoxy) is 1. The highest BCUT2D eigenvalue weighted by atomic mass is 16.5. The van der Waals surface area contributed by atoms with Gasteiger partial charge in [-0.2, -0.15) is 0 Å². The Hall–Kier alpha value is -1.78. The van der Waals surface area contributed by atoms with Gasteiger partial charge in [0.15, 0.2) is 0 Å². The van der Waals surface area contributed by atoms with Gasteiger partial charge in [-0.25, -0.2) is 0 Å². The number of aromatic amines is 1. The van der Waals surface area contributed by atoms with Gasteiger partial charge >= 0.3 is 5.97 Å². The van der Waals surface area contributed by atoms with Crippen molar-refractivity contribution in [2.24, 2.45) is 0 Å². The van der Waals surface area contributed by atoms with E-state index in [4.69, 9.17) is 0 Å². The third-order valence-corrected chi connectivity index (χ3v) is 2.03. The zero-order valence-corrected chi connectivity index (χ0v) is 8.82. The molecule has 0 unspecified atom stereocenters. The Morgan fingerprint density at radius 1 is 1.53 bits per heavy atom. The van der Waals surface area contributed by atoms with Crippen LogP contribution in [0.1, 0.15) is 12.0 Å². The first kappa shape index (κ1) is 11.3. The van der Waals surface area contributed by atoms with E-state index in [1.54, 1.807) is 13.2 Å². The molecule has 15 heavy (non-hydrogen) atoms. The molecule has 0 aliphatic rings. The van der Waals surface area contributed by atoms with E-state index in [2.05, 4.69) is 9.72 Å². The molecule has 0 saturated carbocycles. The van der Waals surface area contributed by atoms with E-state index in [9.17, 15) is 9.59 Å². The summed E-state index contributed by atoms with van der Waals surface area (Å²) in [6.45, 7) is 0.485. The second kappa shape index (κ2) is 5.19. The normalized spacial score (nSPS) is 9.73. The lowest BCUT2D eigenvalue weighted by molar-refractivity contribution is -0.146. The third kappa shape index (κ3) is 3.46. The van der Waals surface area contributed by atoms with Crippen molar-refractivity contribution in [2.75, 3.05) is 14.2 Å². The summed E-state index contributed by atoms with van der Waals surface area (Å²) in [5.41, 5.74) is 0.996. The number of hydrogen-bond acceptors (Lipinski definition) is 3. The molecule has 0 fully saturated rings. The van der Waals surface area contributed by atoms with E-state index < -0.39 is 5.97 Å². The van der Waals surface area contributed by atoms with Crippen LogP contribution in [-0.4, -0.2) is 35.9 Å². The second-order valence-corrected chi connectivity index (χ2v) is 3.22. The summed E-state index contributed by atoms with van der Waals surface area (Å²) in [6.07, 6.45) is 3.38. The van der Waals surface area contributed by atoms with Gasteiger partial charge in [-0.1, -0.05) is 0 Å². The summed E-state index contributed by atoms with van der Waals surface area (Å²) in [4.78, 5) is 26.7. The van der Waals surface area contributed by atoms with Gasteiger partial charge in [0.1, 0.15) is 6.42 Å². The molecular formula is C10H14N2O3. The Balaban J connectivity index is 2.43. The Labute approximate surface area is 88.0 Å². The van der Waals surface area contributed by atoms with Crippen LogP contribution in [-0.2, 0) is 20.9 Å². The Morgan fingerprint density at radius 2 is 2.27 bits per heavy atom. The summed E-state index contributed by atoms with van der Waals surface area (Å²) in [7, 11) is 2.92. The van der Waals surface area contributed by atoms with Crippen molar-refractivity contribution < 1.29 is 14.3 Å². The molecule has 0 bridgehead atoms. The molecule has 0 radical (unpaired) electrons. The minimum Gasteiger partial charge on any atom is -0.469 e. The number of esters is 1. The molecule has 1 heterocycles. The summed E-state index contributed by atoms with van der Waals surface area (Å²) >= 11 is 0. The maximum absolute atomic E-state index is 11.5. The lowest BCUT2D eigenvalue weighted by atomic mass is 10.3. The molecule has 0 aliphatic carbocycles. The molecule has 1 aromatic rings. The van der Waals surface area contributed by atoms with Crippen LogP contribution in [0.4, 0.5) is 0 Å². The maximum atomic E-state index is 11.5. The largest absolute Gasteiger partial charge is 0.469 e. The van der Waals surface area contributed by atoms with Gasteiger partial charge in [0.05, 0.1) is 7.11 Å². The summed E-state index contributed by atoms with van der Waals surface area (Å²) in [5.74, 6) is -0.760. The number of nitrogens with zero attached hydrogens (tertiary/aromatic N) is 1. The molecular weight excluding hydrogens is 196 g/mol. The van der Waals surface area contributed by atoms with Crippen LogP contribution in [0.25, 0.3) is 0 Å². The van der Waals surface area contributed by atoms with E-state index in [-0.39, 0.29) is 12.3 Å². The van der Waals surface area contributed by atoms with Crippen molar-refractivity contribution in [2.45, 2.75) is 13.0 Å². The van der Waals surface area contributed by atoms with Crippen LogP contribution in [0.15, 0.2) is 18.5 Å². The van der Waals surface area contributed by atoms with Gasteiger partial charge in [-0.3, -0.25) is 9.59 Å². The van der Waals surface area contributed by atoms with Crippen molar-refractivity contribution in [3.05, 3.63) is 24.0 Å². The SMILES string of the molecule is COC(=O)CC(=O)N(C)Cc1cc[nH]c1. The molecule has 0 aromatic carbocycles. The lowest BCUT2D eigenvalue weighted by Crippen LogP contribution is -2.28. The maximum Gasteiger partial charge on any atom is 0.315 e. The van der Waals surface area contributed by atoms with Gasteiger partial charge in [0.2, 0.25) is 5.91 Å². The summed E-state index contributed by atoms with van der Waals surface area (Å²) in [5, 5.41) is 0. The molecule has 0 spiro atoms. The number of carbonyl (C=O) groups excluding carboxylic acids is 2. The third-order valence-electron chi connectivity index (χ3n) is 2.03. The highest BCUT2D eigenvalue weighted by molar-refractivity contribution is 5.94. The smallest absolute Gasteiger partial charge is 0.315 e. The second-order valence-electron chi connectivity index (χ2n) is 3.22. The molecule has 0 atom stereocenters. The van der Waals surface area contributed by atoms with Gasteiger partial charge in [-0.15, -0.1) is 0 Å². The lowest BCUT2D eigenvalue weighted by Gasteiger charge is -2.15. The van der Waals surface area contributed by atoms with Crippen molar-refractivity contribution in [3.8, 4) is 0 Å². The number of hydrogen-bond donors (Lipinski definition) is 1. The number of nitrogens with one attached hydrogen (secondary N) is 1. The van der Waals surface area contributed by atoms with E-state index in [1.807, 2.05) is 12.3 Å². The van der Waals surface area contributed by atoms with Crippen molar-refractivity contribution in [3.63, 3.8) is 0 Å². The number of H-pyrrole nitrogens is 1. The van der Waals surface area contributed by atoms with Crippen molar-refractivity contribution in [1.29, 1.82) is 0 Å². The standard InChI is InChI=1S/C10H14N2O3/c1-12(7-8-3-4-11-6-8)9(13)5-10(14)15-2/h3-4,6,11H,5,7H2,1-2H3. The summed E-state index contributed by atoms with van der Waals surface area (Å²) < 4.78 is 4.41. The number of amides is 1. The first-order chi connectivity index (χ1) is 7.13. The highest BCUT2D eigenvalue weighted by Crippen LogP contribution is 2.03. The van der Waals surface area contributed by atoms with Crippen LogP contribution in [0.5, 0.6) is 0 Å². The van der Waals surface area contributed by atoms with Crippen LogP contribution in [0, 0.1) is 0 Å². The molecule has 1 aromatic heterocycles. The van der Waals surface area contributed by atoms with Crippen molar-refractivity contribution >= 4 is 11.9 Å².